The predicted molar refractivity (Wildman–Crippen MR) is 151 cm³/mol. The SMILES string of the molecule is CCCCOC(=O)N1CC=C(c2cccc(-c3cc(-c4ccccc4)cc(Nc4cnccn4)n3)c2)CC1. The molecule has 0 spiro atoms. The Bertz CT molecular complexity index is 1410. The summed E-state index contributed by atoms with van der Waals surface area (Å²) in [4.78, 5) is 27.5. The highest BCUT2D eigenvalue weighted by molar-refractivity contribution is 5.78. The van der Waals surface area contributed by atoms with E-state index in [1.165, 1.54) is 5.57 Å². The second kappa shape index (κ2) is 12.1. The first-order valence-corrected chi connectivity index (χ1v) is 13.0. The molecule has 0 saturated heterocycles. The number of ether oxygens (including phenoxy) is 1. The summed E-state index contributed by atoms with van der Waals surface area (Å²) >= 11 is 0. The van der Waals surface area contributed by atoms with E-state index in [1.54, 1.807) is 23.5 Å². The second-order valence-corrected chi connectivity index (χ2v) is 9.18. The van der Waals surface area contributed by atoms with Gasteiger partial charge in [-0.2, -0.15) is 0 Å². The number of hydrogen-bond acceptors (Lipinski definition) is 6. The van der Waals surface area contributed by atoms with Crippen molar-refractivity contribution >= 4 is 23.3 Å². The van der Waals surface area contributed by atoms with Crippen LogP contribution in [0.25, 0.3) is 28.0 Å². The molecular formula is C31H31N5O2. The molecule has 0 bridgehead atoms. The van der Waals surface area contributed by atoms with Crippen LogP contribution in [0, 0.1) is 0 Å². The number of unbranched alkanes of at least 4 members (excludes halogenated alkanes) is 1. The molecule has 0 aliphatic carbocycles. The van der Waals surface area contributed by atoms with Crippen LogP contribution >= 0.6 is 0 Å². The summed E-state index contributed by atoms with van der Waals surface area (Å²) < 4.78 is 5.38. The van der Waals surface area contributed by atoms with E-state index in [0.717, 1.165) is 47.2 Å². The van der Waals surface area contributed by atoms with Gasteiger partial charge in [0.2, 0.25) is 0 Å². The van der Waals surface area contributed by atoms with Crippen LogP contribution in [0.1, 0.15) is 31.7 Å². The molecule has 0 saturated carbocycles. The van der Waals surface area contributed by atoms with Crippen molar-refractivity contribution in [2.24, 2.45) is 0 Å². The van der Waals surface area contributed by atoms with Crippen molar-refractivity contribution in [3.05, 3.63) is 97.0 Å². The van der Waals surface area contributed by atoms with Crippen LogP contribution < -0.4 is 5.32 Å². The molecule has 0 unspecified atom stereocenters. The van der Waals surface area contributed by atoms with E-state index < -0.39 is 0 Å². The maximum atomic E-state index is 12.3. The Hall–Kier alpha value is -4.52. The zero-order chi connectivity index (χ0) is 26.2. The van der Waals surface area contributed by atoms with E-state index >= 15 is 0 Å². The molecule has 4 aromatic rings. The summed E-state index contributed by atoms with van der Waals surface area (Å²) in [6.45, 7) is 3.77. The number of hydrogen-bond donors (Lipinski definition) is 1. The third-order valence-corrected chi connectivity index (χ3v) is 6.47. The topological polar surface area (TPSA) is 80.2 Å². The zero-order valence-corrected chi connectivity index (χ0v) is 21.5. The number of pyridine rings is 1. The Morgan fingerprint density at radius 3 is 2.55 bits per heavy atom. The zero-order valence-electron chi connectivity index (χ0n) is 21.5. The molecule has 7 heteroatoms. The molecule has 1 aliphatic heterocycles. The van der Waals surface area contributed by atoms with Gasteiger partial charge >= 0.3 is 6.09 Å². The summed E-state index contributed by atoms with van der Waals surface area (Å²) in [5, 5.41) is 3.29. The molecule has 2 aromatic heterocycles. The molecule has 0 fully saturated rings. The fourth-order valence-corrected chi connectivity index (χ4v) is 4.41. The van der Waals surface area contributed by atoms with E-state index in [0.29, 0.717) is 31.3 Å². The van der Waals surface area contributed by atoms with Crippen molar-refractivity contribution in [3.63, 3.8) is 0 Å². The smallest absolute Gasteiger partial charge is 0.410 e. The van der Waals surface area contributed by atoms with Crippen LogP contribution in [0.2, 0.25) is 0 Å². The van der Waals surface area contributed by atoms with E-state index in [2.05, 4.69) is 70.7 Å². The summed E-state index contributed by atoms with van der Waals surface area (Å²) in [6.07, 6.45) is 9.55. The third kappa shape index (κ3) is 6.24. The van der Waals surface area contributed by atoms with Crippen molar-refractivity contribution < 1.29 is 9.53 Å². The van der Waals surface area contributed by atoms with Gasteiger partial charge in [0.25, 0.3) is 0 Å². The van der Waals surface area contributed by atoms with Crippen molar-refractivity contribution in [1.29, 1.82) is 0 Å². The van der Waals surface area contributed by atoms with Gasteiger partial charge < -0.3 is 15.0 Å². The number of benzene rings is 2. The van der Waals surface area contributed by atoms with Gasteiger partial charge in [0.15, 0.2) is 0 Å². The number of nitrogens with zero attached hydrogens (tertiary/aromatic N) is 4. The summed E-state index contributed by atoms with van der Waals surface area (Å²) in [7, 11) is 0. The Morgan fingerprint density at radius 2 is 1.79 bits per heavy atom. The van der Waals surface area contributed by atoms with Crippen LogP contribution in [0.4, 0.5) is 16.4 Å². The van der Waals surface area contributed by atoms with E-state index in [4.69, 9.17) is 9.72 Å². The average Bonchev–Trinajstić information content (AvgIpc) is 2.98. The molecule has 1 amide bonds. The van der Waals surface area contributed by atoms with Gasteiger partial charge in [0.05, 0.1) is 18.5 Å². The van der Waals surface area contributed by atoms with Gasteiger partial charge in [0, 0.05) is 31.0 Å². The Kier molecular flexibility index (Phi) is 8.04. The molecule has 0 radical (unpaired) electrons. The lowest BCUT2D eigenvalue weighted by atomic mass is 9.96. The van der Waals surface area contributed by atoms with Crippen molar-refractivity contribution in [3.8, 4) is 22.4 Å². The number of amides is 1. The Balaban J connectivity index is 1.41. The fraction of sp³-hybridized carbons (Fsp3) is 0.226. The molecule has 1 N–H and O–H groups in total. The lowest BCUT2D eigenvalue weighted by Crippen LogP contribution is -2.35. The third-order valence-electron chi connectivity index (χ3n) is 6.47. The monoisotopic (exact) mass is 505 g/mol. The first-order chi connectivity index (χ1) is 18.7. The van der Waals surface area contributed by atoms with Crippen LogP contribution in [0.15, 0.2) is 91.4 Å². The highest BCUT2D eigenvalue weighted by Gasteiger charge is 2.19. The van der Waals surface area contributed by atoms with Crippen molar-refractivity contribution in [1.82, 2.24) is 19.9 Å². The summed E-state index contributed by atoms with van der Waals surface area (Å²) in [5.41, 5.74) is 6.40. The summed E-state index contributed by atoms with van der Waals surface area (Å²) in [6, 6.07) is 22.8. The quantitative estimate of drug-likeness (QED) is 0.260. The number of carbonyl (C=O) groups excluding carboxylic acids is 1. The maximum absolute atomic E-state index is 12.3. The highest BCUT2D eigenvalue weighted by atomic mass is 16.6. The number of anilines is 2. The lowest BCUT2D eigenvalue weighted by molar-refractivity contribution is 0.105. The number of rotatable bonds is 8. The molecule has 1 aliphatic rings. The Morgan fingerprint density at radius 1 is 0.947 bits per heavy atom. The predicted octanol–water partition coefficient (Wildman–Crippen LogP) is 6.98. The molecule has 3 heterocycles. The summed E-state index contributed by atoms with van der Waals surface area (Å²) in [5.74, 6) is 1.33. The minimum atomic E-state index is -0.229. The second-order valence-electron chi connectivity index (χ2n) is 9.18. The van der Waals surface area contributed by atoms with Gasteiger partial charge in [-0.05, 0) is 53.3 Å². The Labute approximate surface area is 223 Å². The standard InChI is InChI=1S/C31H31N5O2/c1-2-3-18-38-31(37)36-16-12-24(13-17-36)25-10-7-11-26(19-25)28-20-27(23-8-5-4-6-9-23)21-29(34-28)35-30-22-32-14-15-33-30/h4-12,14-15,19-22H,2-3,13,16-18H2,1H3,(H,33,34,35). The first kappa shape index (κ1) is 25.1. The maximum Gasteiger partial charge on any atom is 0.410 e. The molecular weight excluding hydrogens is 474 g/mol. The van der Waals surface area contributed by atoms with Crippen LogP contribution in [0.3, 0.4) is 0 Å². The van der Waals surface area contributed by atoms with Crippen LogP contribution in [-0.2, 0) is 4.74 Å². The lowest BCUT2D eigenvalue weighted by Gasteiger charge is -2.26. The minimum Gasteiger partial charge on any atom is -0.449 e. The molecule has 7 nitrogen and oxygen atoms in total. The average molecular weight is 506 g/mol. The number of nitrogens with one attached hydrogen (secondary N) is 1. The molecule has 5 rings (SSSR count). The van der Waals surface area contributed by atoms with E-state index in [1.807, 2.05) is 24.3 Å². The van der Waals surface area contributed by atoms with E-state index in [9.17, 15) is 4.79 Å². The molecule has 2 aromatic carbocycles. The largest absolute Gasteiger partial charge is 0.449 e. The van der Waals surface area contributed by atoms with Crippen molar-refractivity contribution in [2.45, 2.75) is 26.2 Å². The first-order valence-electron chi connectivity index (χ1n) is 13.0. The number of carbonyl (C=O) groups is 1. The highest BCUT2D eigenvalue weighted by Crippen LogP contribution is 2.31. The molecule has 0 atom stereocenters. The van der Waals surface area contributed by atoms with Crippen LogP contribution in [-0.4, -0.2) is 45.6 Å². The number of aromatic nitrogens is 3. The van der Waals surface area contributed by atoms with Gasteiger partial charge in [-0.15, -0.1) is 0 Å². The van der Waals surface area contributed by atoms with Crippen molar-refractivity contribution in [2.75, 3.05) is 25.0 Å². The van der Waals surface area contributed by atoms with Gasteiger partial charge in [-0.3, -0.25) is 4.98 Å². The van der Waals surface area contributed by atoms with Crippen LogP contribution in [0.5, 0.6) is 0 Å². The molecule has 192 valence electrons. The molecule has 38 heavy (non-hydrogen) atoms. The fourth-order valence-electron chi connectivity index (χ4n) is 4.41. The van der Waals surface area contributed by atoms with Gasteiger partial charge in [-0.25, -0.2) is 14.8 Å². The van der Waals surface area contributed by atoms with Gasteiger partial charge in [0.1, 0.15) is 11.6 Å². The van der Waals surface area contributed by atoms with Gasteiger partial charge in [-0.1, -0.05) is 68.0 Å². The van der Waals surface area contributed by atoms with E-state index in [-0.39, 0.29) is 6.09 Å². The normalized spacial score (nSPS) is 13.1. The minimum absolute atomic E-state index is 0.229.